The van der Waals surface area contributed by atoms with Crippen LogP contribution in [0.25, 0.3) is 0 Å². The van der Waals surface area contributed by atoms with Gasteiger partial charge in [0, 0.05) is 16.5 Å². The summed E-state index contributed by atoms with van der Waals surface area (Å²) in [7, 11) is 0. The normalized spacial score (nSPS) is 10.3. The van der Waals surface area contributed by atoms with Gasteiger partial charge in [-0.25, -0.2) is 0 Å². The van der Waals surface area contributed by atoms with E-state index in [0.717, 1.165) is 11.8 Å². The molecule has 0 fully saturated rings. The molecule has 0 heterocycles. The average Bonchev–Trinajstić information content (AvgIpc) is 2.43. The molecule has 2 aromatic carbocycles. The quantitative estimate of drug-likeness (QED) is 0.456. The Morgan fingerprint density at radius 3 is 2.50 bits per heavy atom. The lowest BCUT2D eigenvalue weighted by molar-refractivity contribution is -0.387. The zero-order chi connectivity index (χ0) is 14.7. The van der Waals surface area contributed by atoms with E-state index in [0.29, 0.717) is 21.2 Å². The molecule has 0 aliphatic rings. The summed E-state index contributed by atoms with van der Waals surface area (Å²) in [5.74, 6) is 0. The lowest BCUT2D eigenvalue weighted by Gasteiger charge is -2.06. The highest BCUT2D eigenvalue weighted by atomic mass is 35.5. The van der Waals surface area contributed by atoms with Crippen molar-refractivity contribution < 1.29 is 9.72 Å². The lowest BCUT2D eigenvalue weighted by atomic mass is 10.2. The van der Waals surface area contributed by atoms with Crippen molar-refractivity contribution in [2.45, 2.75) is 9.79 Å². The van der Waals surface area contributed by atoms with Crippen molar-refractivity contribution in [2.75, 3.05) is 0 Å². The summed E-state index contributed by atoms with van der Waals surface area (Å²) >= 11 is 12.8. The molecule has 0 saturated heterocycles. The molecule has 20 heavy (non-hydrogen) atoms. The highest BCUT2D eigenvalue weighted by molar-refractivity contribution is 7.99. The number of benzene rings is 2. The Morgan fingerprint density at radius 1 is 1.15 bits per heavy atom. The molecule has 0 aliphatic heterocycles. The molecular weight excluding hydrogens is 321 g/mol. The number of halogens is 2. The number of hydrogen-bond acceptors (Lipinski definition) is 4. The summed E-state index contributed by atoms with van der Waals surface area (Å²) in [6, 6.07) is 9.24. The summed E-state index contributed by atoms with van der Waals surface area (Å²) in [4.78, 5) is 22.5. The Kier molecular flexibility index (Phi) is 4.65. The van der Waals surface area contributed by atoms with Crippen LogP contribution in [-0.4, -0.2) is 11.2 Å². The topological polar surface area (TPSA) is 60.2 Å². The molecule has 0 aromatic heterocycles. The monoisotopic (exact) mass is 327 g/mol. The van der Waals surface area contributed by atoms with Gasteiger partial charge in [-0.15, -0.1) is 0 Å². The molecule has 0 radical (unpaired) electrons. The van der Waals surface area contributed by atoms with Crippen LogP contribution in [0.2, 0.25) is 10.0 Å². The number of carbonyl (C=O) groups is 1. The SMILES string of the molecule is O=Cc1cccc([N+](=O)[O-])c1Sc1ccc(Cl)c(Cl)c1. The molecule has 0 spiro atoms. The van der Waals surface area contributed by atoms with Crippen molar-refractivity contribution in [2.24, 2.45) is 0 Å². The third kappa shape index (κ3) is 3.12. The van der Waals surface area contributed by atoms with Crippen LogP contribution in [0.3, 0.4) is 0 Å². The van der Waals surface area contributed by atoms with Crippen LogP contribution >= 0.6 is 35.0 Å². The van der Waals surface area contributed by atoms with Crippen molar-refractivity contribution in [3.8, 4) is 0 Å². The minimum absolute atomic E-state index is 0.120. The highest BCUT2D eigenvalue weighted by Gasteiger charge is 2.18. The number of nitro benzene ring substituents is 1. The zero-order valence-corrected chi connectivity index (χ0v) is 12.2. The van der Waals surface area contributed by atoms with Crippen LogP contribution in [0.15, 0.2) is 46.2 Å². The van der Waals surface area contributed by atoms with Gasteiger partial charge in [-0.2, -0.15) is 0 Å². The van der Waals surface area contributed by atoms with Crippen molar-refractivity contribution in [3.63, 3.8) is 0 Å². The molecule has 0 unspecified atom stereocenters. The van der Waals surface area contributed by atoms with Gasteiger partial charge < -0.3 is 0 Å². The van der Waals surface area contributed by atoms with E-state index in [1.54, 1.807) is 18.2 Å². The molecule has 2 rings (SSSR count). The summed E-state index contributed by atoms with van der Waals surface area (Å²) < 4.78 is 0. The number of aldehydes is 1. The van der Waals surface area contributed by atoms with E-state index < -0.39 is 4.92 Å². The van der Waals surface area contributed by atoms with Gasteiger partial charge in [0.25, 0.3) is 5.69 Å². The predicted molar refractivity (Wildman–Crippen MR) is 79.1 cm³/mol. The van der Waals surface area contributed by atoms with E-state index in [1.165, 1.54) is 18.2 Å². The van der Waals surface area contributed by atoms with E-state index in [4.69, 9.17) is 23.2 Å². The molecule has 0 amide bonds. The summed E-state index contributed by atoms with van der Waals surface area (Å²) in [5, 5.41) is 11.8. The smallest absolute Gasteiger partial charge is 0.283 e. The predicted octanol–water partition coefficient (Wildman–Crippen LogP) is 4.87. The minimum atomic E-state index is -0.521. The molecule has 102 valence electrons. The van der Waals surface area contributed by atoms with E-state index >= 15 is 0 Å². The number of carbonyl (C=O) groups excluding carboxylic acids is 1. The van der Waals surface area contributed by atoms with Crippen molar-refractivity contribution in [1.29, 1.82) is 0 Å². The standard InChI is InChI=1S/C13H7Cl2NO3S/c14-10-5-4-9(6-11(10)15)20-13-8(7-17)2-1-3-12(13)16(18)19/h1-7H. The van der Waals surface area contributed by atoms with Gasteiger partial charge in [-0.3, -0.25) is 14.9 Å². The molecular formula is C13H7Cl2NO3S. The fourth-order valence-corrected chi connectivity index (χ4v) is 2.94. The number of rotatable bonds is 4. The molecule has 0 saturated carbocycles. The van der Waals surface area contributed by atoms with E-state index in [9.17, 15) is 14.9 Å². The van der Waals surface area contributed by atoms with Gasteiger partial charge in [0.1, 0.15) is 4.90 Å². The third-order valence-electron chi connectivity index (χ3n) is 2.46. The number of hydrogen-bond donors (Lipinski definition) is 0. The molecule has 0 N–H and O–H groups in total. The maximum atomic E-state index is 11.0. The van der Waals surface area contributed by atoms with Gasteiger partial charge >= 0.3 is 0 Å². The molecule has 2 aromatic rings. The molecule has 0 aliphatic carbocycles. The van der Waals surface area contributed by atoms with E-state index in [-0.39, 0.29) is 16.1 Å². The Morgan fingerprint density at radius 2 is 1.90 bits per heavy atom. The second-order valence-electron chi connectivity index (χ2n) is 3.75. The summed E-state index contributed by atoms with van der Waals surface area (Å²) in [6.45, 7) is 0. The largest absolute Gasteiger partial charge is 0.298 e. The van der Waals surface area contributed by atoms with E-state index in [1.807, 2.05) is 0 Å². The minimum Gasteiger partial charge on any atom is -0.298 e. The fraction of sp³-hybridized carbons (Fsp3) is 0. The molecule has 0 bridgehead atoms. The number of nitro groups is 1. The Balaban J connectivity index is 2.48. The van der Waals surface area contributed by atoms with E-state index in [2.05, 4.69) is 0 Å². The maximum absolute atomic E-state index is 11.0. The maximum Gasteiger partial charge on any atom is 0.283 e. The average molecular weight is 328 g/mol. The van der Waals surface area contributed by atoms with Crippen LogP contribution in [0.5, 0.6) is 0 Å². The second-order valence-corrected chi connectivity index (χ2v) is 5.65. The van der Waals surface area contributed by atoms with Crippen LogP contribution in [0.1, 0.15) is 10.4 Å². The van der Waals surface area contributed by atoms with Gasteiger partial charge in [-0.1, -0.05) is 47.1 Å². The zero-order valence-electron chi connectivity index (χ0n) is 9.88. The highest BCUT2D eigenvalue weighted by Crippen LogP contribution is 2.38. The Bertz CT molecular complexity index is 691. The van der Waals surface area contributed by atoms with Gasteiger partial charge in [0.15, 0.2) is 6.29 Å². The Labute approximate surface area is 128 Å². The van der Waals surface area contributed by atoms with Crippen molar-refractivity contribution in [3.05, 3.63) is 62.1 Å². The molecule has 7 heteroatoms. The summed E-state index contributed by atoms with van der Waals surface area (Å²) in [5.41, 5.74) is 0.140. The molecule has 4 nitrogen and oxygen atoms in total. The first kappa shape index (κ1) is 14.8. The third-order valence-corrected chi connectivity index (χ3v) is 4.34. The van der Waals surface area contributed by atoms with Crippen LogP contribution in [0.4, 0.5) is 5.69 Å². The number of nitrogens with zero attached hydrogens (tertiary/aromatic N) is 1. The van der Waals surface area contributed by atoms with Crippen molar-refractivity contribution in [1.82, 2.24) is 0 Å². The molecule has 0 atom stereocenters. The van der Waals surface area contributed by atoms with Crippen LogP contribution in [-0.2, 0) is 0 Å². The fourth-order valence-electron chi connectivity index (χ4n) is 1.55. The lowest BCUT2D eigenvalue weighted by Crippen LogP contribution is -1.94. The Hall–Kier alpha value is -1.56. The van der Waals surface area contributed by atoms with Crippen LogP contribution < -0.4 is 0 Å². The van der Waals surface area contributed by atoms with Crippen LogP contribution in [0, 0.1) is 10.1 Å². The first-order chi connectivity index (χ1) is 9.52. The first-order valence-corrected chi connectivity index (χ1v) is 6.95. The van der Waals surface area contributed by atoms with Crippen molar-refractivity contribution >= 4 is 46.9 Å². The first-order valence-electron chi connectivity index (χ1n) is 5.38. The van der Waals surface area contributed by atoms with Gasteiger partial charge in [0.2, 0.25) is 0 Å². The second kappa shape index (κ2) is 6.26. The van der Waals surface area contributed by atoms with Gasteiger partial charge in [-0.05, 0) is 18.2 Å². The summed E-state index contributed by atoms with van der Waals surface area (Å²) in [6.07, 6.45) is 0.590. The van der Waals surface area contributed by atoms with Gasteiger partial charge in [0.05, 0.1) is 15.0 Å².